The first-order valence-corrected chi connectivity index (χ1v) is 9.85. The van der Waals surface area contributed by atoms with Crippen LogP contribution in [0.25, 0.3) is 0 Å². The van der Waals surface area contributed by atoms with Gasteiger partial charge < -0.3 is 4.90 Å². The van der Waals surface area contributed by atoms with E-state index in [1.165, 1.54) is 17.8 Å². The number of anilines is 1. The van der Waals surface area contributed by atoms with E-state index >= 15 is 0 Å². The summed E-state index contributed by atoms with van der Waals surface area (Å²) in [6, 6.07) is 16.3. The lowest BCUT2D eigenvalue weighted by molar-refractivity contribution is -0.385. The fraction of sp³-hybridized carbons (Fsp3) is 0.333. The lowest BCUT2D eigenvalue weighted by Crippen LogP contribution is -2.48. The Morgan fingerprint density at radius 3 is 2.23 bits per heavy atom. The molecular formula is C21H25N5O4. The van der Waals surface area contributed by atoms with Gasteiger partial charge in [0.15, 0.2) is 0 Å². The highest BCUT2D eigenvalue weighted by molar-refractivity contribution is 5.83. The number of nitrogens with zero attached hydrogens (tertiary/aromatic N) is 3. The molecule has 1 heterocycles. The number of carbonyl (C=O) groups excluding carboxylic acids is 2. The predicted octanol–water partition coefficient (Wildman–Crippen LogP) is 1.50. The molecule has 9 heteroatoms. The first kappa shape index (κ1) is 21.3. The summed E-state index contributed by atoms with van der Waals surface area (Å²) in [5.41, 5.74) is 6.09. The van der Waals surface area contributed by atoms with Gasteiger partial charge >= 0.3 is 0 Å². The Balaban J connectivity index is 1.35. The van der Waals surface area contributed by atoms with Crippen molar-refractivity contribution in [2.24, 2.45) is 0 Å². The molecule has 1 saturated heterocycles. The topological polar surface area (TPSA) is 108 Å². The second-order valence-corrected chi connectivity index (χ2v) is 7.07. The van der Waals surface area contributed by atoms with E-state index in [0.29, 0.717) is 12.1 Å². The summed E-state index contributed by atoms with van der Waals surface area (Å²) >= 11 is 0. The number of rotatable bonds is 7. The minimum atomic E-state index is -0.529. The first-order chi connectivity index (χ1) is 14.5. The van der Waals surface area contributed by atoms with Crippen molar-refractivity contribution in [3.05, 3.63) is 70.3 Å². The largest absolute Gasteiger partial charge is 0.369 e. The summed E-state index contributed by atoms with van der Waals surface area (Å²) in [7, 11) is 0. The average molecular weight is 411 g/mol. The van der Waals surface area contributed by atoms with Crippen LogP contribution in [0.1, 0.15) is 12.0 Å². The van der Waals surface area contributed by atoms with E-state index in [4.69, 9.17) is 0 Å². The molecule has 0 radical (unpaired) electrons. The molecule has 0 aliphatic carbocycles. The van der Waals surface area contributed by atoms with E-state index in [-0.39, 0.29) is 24.4 Å². The van der Waals surface area contributed by atoms with Crippen molar-refractivity contribution in [1.29, 1.82) is 0 Å². The van der Waals surface area contributed by atoms with Crippen LogP contribution in [0, 0.1) is 10.1 Å². The Bertz CT molecular complexity index is 882. The van der Waals surface area contributed by atoms with Crippen molar-refractivity contribution in [3.8, 4) is 0 Å². The molecule has 30 heavy (non-hydrogen) atoms. The van der Waals surface area contributed by atoms with Gasteiger partial charge in [0.2, 0.25) is 11.8 Å². The zero-order valence-corrected chi connectivity index (χ0v) is 16.6. The monoisotopic (exact) mass is 411 g/mol. The summed E-state index contributed by atoms with van der Waals surface area (Å²) in [6.07, 6.45) is 0.0793. The number of nitro groups is 1. The van der Waals surface area contributed by atoms with Gasteiger partial charge in [-0.05, 0) is 12.1 Å². The van der Waals surface area contributed by atoms with Crippen molar-refractivity contribution in [3.63, 3.8) is 0 Å². The molecular weight excluding hydrogens is 386 g/mol. The SMILES string of the molecule is O=C(CCN1CCN(c2ccccc2)CC1)NNC(=O)Cc1ccccc1[N+](=O)[O-]. The normalized spacial score (nSPS) is 14.2. The molecule has 3 rings (SSSR count). The van der Waals surface area contributed by atoms with E-state index in [1.807, 2.05) is 18.2 Å². The minimum absolute atomic E-state index is 0.117. The van der Waals surface area contributed by atoms with Gasteiger partial charge in [-0.15, -0.1) is 0 Å². The predicted molar refractivity (Wildman–Crippen MR) is 113 cm³/mol. The number of amides is 2. The van der Waals surface area contributed by atoms with Crippen LogP contribution >= 0.6 is 0 Å². The first-order valence-electron chi connectivity index (χ1n) is 9.85. The molecule has 0 atom stereocenters. The minimum Gasteiger partial charge on any atom is -0.369 e. The quantitative estimate of drug-likeness (QED) is 0.528. The van der Waals surface area contributed by atoms with E-state index in [0.717, 1.165) is 26.2 Å². The number of piperazine rings is 1. The number of nitrogens with one attached hydrogen (secondary N) is 2. The zero-order chi connectivity index (χ0) is 21.3. The Labute approximate surface area is 174 Å². The highest BCUT2D eigenvalue weighted by Gasteiger charge is 2.18. The number of carbonyl (C=O) groups is 2. The van der Waals surface area contributed by atoms with Gasteiger partial charge in [-0.2, -0.15) is 0 Å². The highest BCUT2D eigenvalue weighted by atomic mass is 16.6. The average Bonchev–Trinajstić information content (AvgIpc) is 2.77. The van der Waals surface area contributed by atoms with E-state index in [9.17, 15) is 19.7 Å². The molecule has 158 valence electrons. The molecule has 1 aliphatic heterocycles. The molecule has 2 aromatic rings. The third-order valence-corrected chi connectivity index (χ3v) is 5.03. The number of benzene rings is 2. The lowest BCUT2D eigenvalue weighted by atomic mass is 10.1. The fourth-order valence-corrected chi connectivity index (χ4v) is 3.39. The summed E-state index contributed by atoms with van der Waals surface area (Å²) < 4.78 is 0. The molecule has 2 amide bonds. The maximum atomic E-state index is 12.0. The van der Waals surface area contributed by atoms with Crippen LogP contribution in [-0.4, -0.2) is 54.4 Å². The number of hydrogen-bond donors (Lipinski definition) is 2. The van der Waals surface area contributed by atoms with Gasteiger partial charge in [-0.1, -0.05) is 36.4 Å². The number of hydrazine groups is 1. The molecule has 2 aromatic carbocycles. The van der Waals surface area contributed by atoms with E-state index in [1.54, 1.807) is 12.1 Å². The van der Waals surface area contributed by atoms with Crippen molar-refractivity contribution in [1.82, 2.24) is 15.8 Å². The maximum Gasteiger partial charge on any atom is 0.273 e. The van der Waals surface area contributed by atoms with Gasteiger partial charge in [-0.25, -0.2) is 0 Å². The lowest BCUT2D eigenvalue weighted by Gasteiger charge is -2.36. The Morgan fingerprint density at radius 2 is 1.53 bits per heavy atom. The van der Waals surface area contributed by atoms with Crippen molar-refractivity contribution >= 4 is 23.2 Å². The molecule has 0 unspecified atom stereocenters. The van der Waals surface area contributed by atoms with Crippen molar-refractivity contribution in [2.75, 3.05) is 37.6 Å². The smallest absolute Gasteiger partial charge is 0.273 e. The van der Waals surface area contributed by atoms with E-state index in [2.05, 4.69) is 32.8 Å². The van der Waals surface area contributed by atoms with Crippen LogP contribution in [0.5, 0.6) is 0 Å². The molecule has 1 aliphatic rings. The molecule has 0 bridgehead atoms. The Morgan fingerprint density at radius 1 is 0.900 bits per heavy atom. The number of hydrogen-bond acceptors (Lipinski definition) is 6. The van der Waals surface area contributed by atoms with Crippen LogP contribution in [0.2, 0.25) is 0 Å². The highest BCUT2D eigenvalue weighted by Crippen LogP contribution is 2.18. The molecule has 1 fully saturated rings. The number of para-hydroxylation sites is 2. The van der Waals surface area contributed by atoms with Gasteiger partial charge in [0.1, 0.15) is 0 Å². The van der Waals surface area contributed by atoms with Gasteiger partial charge in [0, 0.05) is 56.5 Å². The fourth-order valence-electron chi connectivity index (χ4n) is 3.39. The van der Waals surface area contributed by atoms with Gasteiger partial charge in [0.05, 0.1) is 11.3 Å². The molecule has 2 N–H and O–H groups in total. The molecule has 0 saturated carbocycles. The second-order valence-electron chi connectivity index (χ2n) is 7.07. The summed E-state index contributed by atoms with van der Waals surface area (Å²) in [5.74, 6) is -0.800. The Hall–Kier alpha value is -3.46. The zero-order valence-electron chi connectivity index (χ0n) is 16.6. The standard InChI is InChI=1S/C21H25N5O4/c27-20(22-23-21(28)16-17-6-4-5-9-19(17)26(29)30)10-11-24-12-14-25(15-13-24)18-7-2-1-3-8-18/h1-9H,10-16H2,(H,22,27)(H,23,28). The molecule has 0 aromatic heterocycles. The van der Waals surface area contributed by atoms with Crippen molar-refractivity contribution in [2.45, 2.75) is 12.8 Å². The molecule has 9 nitrogen and oxygen atoms in total. The summed E-state index contributed by atoms with van der Waals surface area (Å²) in [4.78, 5) is 39.0. The third-order valence-electron chi connectivity index (χ3n) is 5.03. The Kier molecular flexibility index (Phi) is 7.34. The van der Waals surface area contributed by atoms with Crippen LogP contribution in [0.4, 0.5) is 11.4 Å². The van der Waals surface area contributed by atoms with Crippen LogP contribution < -0.4 is 15.8 Å². The molecule has 0 spiro atoms. The van der Waals surface area contributed by atoms with Crippen molar-refractivity contribution < 1.29 is 14.5 Å². The van der Waals surface area contributed by atoms with E-state index < -0.39 is 10.8 Å². The van der Waals surface area contributed by atoms with Gasteiger partial charge in [0.25, 0.3) is 5.69 Å². The maximum absolute atomic E-state index is 12.0. The number of nitro benzene ring substituents is 1. The van der Waals surface area contributed by atoms with Crippen LogP contribution in [0.15, 0.2) is 54.6 Å². The summed E-state index contributed by atoms with van der Waals surface area (Å²) in [5, 5.41) is 11.0. The van der Waals surface area contributed by atoms with Crippen LogP contribution in [-0.2, 0) is 16.0 Å². The second kappa shape index (κ2) is 10.4. The van der Waals surface area contributed by atoms with Crippen LogP contribution in [0.3, 0.4) is 0 Å². The van der Waals surface area contributed by atoms with Gasteiger partial charge in [-0.3, -0.25) is 35.5 Å². The third kappa shape index (κ3) is 6.02. The summed E-state index contributed by atoms with van der Waals surface area (Å²) in [6.45, 7) is 4.14.